The number of hydrogen-bond donors (Lipinski definition) is 1. The smallest absolute Gasteiger partial charge is 0.253 e. The minimum atomic E-state index is 0. The first-order valence-electron chi connectivity index (χ1n) is 9.73. The van der Waals surface area contributed by atoms with Crippen molar-refractivity contribution in [2.75, 3.05) is 52.4 Å². The van der Waals surface area contributed by atoms with Crippen molar-refractivity contribution in [2.24, 2.45) is 5.73 Å². The second kappa shape index (κ2) is 10.4. The highest BCUT2D eigenvalue weighted by Gasteiger charge is 2.27. The van der Waals surface area contributed by atoms with Crippen molar-refractivity contribution in [1.29, 1.82) is 0 Å². The zero-order valence-corrected chi connectivity index (χ0v) is 17.3. The minimum Gasteiger partial charge on any atom is -0.374 e. The number of nitrogens with two attached hydrogens (primary N) is 1. The van der Waals surface area contributed by atoms with Crippen molar-refractivity contribution in [2.45, 2.75) is 32.5 Å². The van der Waals surface area contributed by atoms with Gasteiger partial charge in [0.25, 0.3) is 5.91 Å². The van der Waals surface area contributed by atoms with Crippen molar-refractivity contribution in [1.82, 2.24) is 14.7 Å². The standard InChI is InChI=1S/C20H32N4O2.ClH/c1-16(2)24-11-12-26-19(15-24)14-22-7-9-23(10-8-22)20(25)18-5-3-17(13-21)4-6-18;/h3-6,16,19H,7-15,21H2,1-2H3;1H. The maximum Gasteiger partial charge on any atom is 0.253 e. The normalized spacial score (nSPS) is 21.9. The van der Waals surface area contributed by atoms with E-state index < -0.39 is 0 Å². The van der Waals surface area contributed by atoms with Crippen LogP contribution in [0, 0.1) is 0 Å². The zero-order valence-electron chi connectivity index (χ0n) is 16.5. The maximum atomic E-state index is 12.7. The van der Waals surface area contributed by atoms with Crippen molar-refractivity contribution in [3.05, 3.63) is 35.4 Å². The zero-order chi connectivity index (χ0) is 18.5. The molecular formula is C20H33ClN4O2. The molecule has 1 amide bonds. The number of amides is 1. The molecule has 27 heavy (non-hydrogen) atoms. The van der Waals surface area contributed by atoms with Crippen molar-refractivity contribution in [3.63, 3.8) is 0 Å². The third-order valence-corrected chi connectivity index (χ3v) is 5.46. The van der Waals surface area contributed by atoms with Crippen molar-refractivity contribution < 1.29 is 9.53 Å². The second-order valence-electron chi connectivity index (χ2n) is 7.58. The van der Waals surface area contributed by atoms with Crippen LogP contribution >= 0.6 is 12.4 Å². The topological polar surface area (TPSA) is 62.0 Å². The molecule has 2 aliphatic rings. The molecular weight excluding hydrogens is 364 g/mol. The van der Waals surface area contributed by atoms with E-state index in [2.05, 4.69) is 23.6 Å². The fraction of sp³-hybridized carbons (Fsp3) is 0.650. The van der Waals surface area contributed by atoms with Gasteiger partial charge in [0, 0.05) is 64.0 Å². The van der Waals surface area contributed by atoms with E-state index in [0.717, 1.165) is 63.5 Å². The van der Waals surface area contributed by atoms with Crippen LogP contribution in [0.5, 0.6) is 0 Å². The predicted molar refractivity (Wildman–Crippen MR) is 110 cm³/mol. The number of carbonyl (C=O) groups excluding carboxylic acids is 1. The number of carbonyl (C=O) groups is 1. The number of rotatable bonds is 5. The van der Waals surface area contributed by atoms with Crippen LogP contribution < -0.4 is 5.73 Å². The summed E-state index contributed by atoms with van der Waals surface area (Å²) in [5.41, 5.74) is 7.42. The molecule has 152 valence electrons. The highest BCUT2D eigenvalue weighted by atomic mass is 35.5. The number of halogens is 1. The summed E-state index contributed by atoms with van der Waals surface area (Å²) in [6, 6.07) is 8.21. The monoisotopic (exact) mass is 396 g/mol. The summed E-state index contributed by atoms with van der Waals surface area (Å²) in [6.45, 7) is 12.2. The van der Waals surface area contributed by atoms with E-state index >= 15 is 0 Å². The Morgan fingerprint density at radius 1 is 1.15 bits per heavy atom. The van der Waals surface area contributed by atoms with E-state index in [1.165, 1.54) is 0 Å². The van der Waals surface area contributed by atoms with Gasteiger partial charge in [0.05, 0.1) is 12.7 Å². The minimum absolute atomic E-state index is 0. The van der Waals surface area contributed by atoms with Crippen LogP contribution in [0.3, 0.4) is 0 Å². The van der Waals surface area contributed by atoms with Crippen LogP contribution in [0.1, 0.15) is 29.8 Å². The molecule has 1 unspecified atom stereocenters. The lowest BCUT2D eigenvalue weighted by atomic mass is 10.1. The molecule has 2 N–H and O–H groups in total. The van der Waals surface area contributed by atoms with Gasteiger partial charge in [0.2, 0.25) is 0 Å². The lowest BCUT2D eigenvalue weighted by Gasteiger charge is -2.40. The predicted octanol–water partition coefficient (Wildman–Crippen LogP) is 1.43. The average Bonchev–Trinajstić information content (AvgIpc) is 2.68. The van der Waals surface area contributed by atoms with E-state index in [1.54, 1.807) is 0 Å². The fourth-order valence-corrected chi connectivity index (χ4v) is 3.71. The summed E-state index contributed by atoms with van der Waals surface area (Å²) in [6.07, 6.45) is 0.275. The summed E-state index contributed by atoms with van der Waals surface area (Å²) in [7, 11) is 0. The largest absolute Gasteiger partial charge is 0.374 e. The molecule has 3 rings (SSSR count). The number of nitrogens with zero attached hydrogens (tertiary/aromatic N) is 3. The van der Waals surface area contributed by atoms with E-state index in [4.69, 9.17) is 10.5 Å². The lowest BCUT2D eigenvalue weighted by molar-refractivity contribution is -0.0555. The van der Waals surface area contributed by atoms with Gasteiger partial charge in [-0.25, -0.2) is 0 Å². The van der Waals surface area contributed by atoms with E-state index in [0.29, 0.717) is 12.6 Å². The van der Waals surface area contributed by atoms with Gasteiger partial charge >= 0.3 is 0 Å². The molecule has 1 aromatic carbocycles. The Morgan fingerprint density at radius 3 is 2.41 bits per heavy atom. The number of piperazine rings is 1. The van der Waals surface area contributed by atoms with Crippen molar-refractivity contribution >= 4 is 18.3 Å². The number of benzene rings is 1. The SMILES string of the molecule is CC(C)N1CCOC(CN2CCN(C(=O)c3ccc(CN)cc3)CC2)C1.Cl. The molecule has 0 aliphatic carbocycles. The van der Waals surface area contributed by atoms with Crippen LogP contribution in [0.2, 0.25) is 0 Å². The second-order valence-corrected chi connectivity index (χ2v) is 7.58. The number of hydrogen-bond acceptors (Lipinski definition) is 5. The first-order chi connectivity index (χ1) is 12.6. The Hall–Kier alpha value is -1.18. The Morgan fingerprint density at radius 2 is 1.81 bits per heavy atom. The first-order valence-corrected chi connectivity index (χ1v) is 9.73. The fourth-order valence-electron chi connectivity index (χ4n) is 3.71. The molecule has 6 nitrogen and oxygen atoms in total. The van der Waals surface area contributed by atoms with Gasteiger partial charge in [0.15, 0.2) is 0 Å². The summed E-state index contributed by atoms with van der Waals surface area (Å²) in [4.78, 5) is 19.5. The summed E-state index contributed by atoms with van der Waals surface area (Å²) in [5, 5.41) is 0. The molecule has 7 heteroatoms. The Kier molecular flexibility index (Phi) is 8.51. The van der Waals surface area contributed by atoms with Gasteiger partial charge in [-0.1, -0.05) is 12.1 Å². The lowest BCUT2D eigenvalue weighted by Crippen LogP contribution is -2.54. The summed E-state index contributed by atoms with van der Waals surface area (Å²) in [5.74, 6) is 0.119. The average molecular weight is 397 g/mol. The molecule has 0 radical (unpaired) electrons. The molecule has 0 saturated carbocycles. The van der Waals surface area contributed by atoms with Crippen LogP contribution in [0.25, 0.3) is 0 Å². The Balaban J connectivity index is 0.00000261. The summed E-state index contributed by atoms with van der Waals surface area (Å²) >= 11 is 0. The van der Waals surface area contributed by atoms with Crippen LogP contribution in [-0.4, -0.2) is 85.2 Å². The molecule has 1 atom stereocenters. The van der Waals surface area contributed by atoms with Gasteiger partial charge in [-0.3, -0.25) is 14.6 Å². The van der Waals surface area contributed by atoms with Crippen LogP contribution in [0.15, 0.2) is 24.3 Å². The van der Waals surface area contributed by atoms with Crippen LogP contribution in [0.4, 0.5) is 0 Å². The highest BCUT2D eigenvalue weighted by molar-refractivity contribution is 5.94. The Bertz CT molecular complexity index is 588. The van der Waals surface area contributed by atoms with Gasteiger partial charge in [-0.05, 0) is 31.5 Å². The molecule has 0 bridgehead atoms. The van der Waals surface area contributed by atoms with Gasteiger partial charge in [0.1, 0.15) is 0 Å². The molecule has 2 aliphatic heterocycles. The third kappa shape index (κ3) is 5.90. The molecule has 2 heterocycles. The maximum absolute atomic E-state index is 12.7. The van der Waals surface area contributed by atoms with Crippen LogP contribution in [-0.2, 0) is 11.3 Å². The quantitative estimate of drug-likeness (QED) is 0.815. The number of ether oxygens (including phenoxy) is 1. The van der Waals surface area contributed by atoms with E-state index in [9.17, 15) is 4.79 Å². The Labute approximate surface area is 169 Å². The van der Waals surface area contributed by atoms with Crippen molar-refractivity contribution in [3.8, 4) is 0 Å². The molecule has 1 aromatic rings. The molecule has 0 spiro atoms. The molecule has 2 saturated heterocycles. The molecule has 0 aromatic heterocycles. The number of morpholine rings is 1. The van der Waals surface area contributed by atoms with E-state index in [-0.39, 0.29) is 24.4 Å². The third-order valence-electron chi connectivity index (χ3n) is 5.46. The van der Waals surface area contributed by atoms with Gasteiger partial charge in [-0.15, -0.1) is 12.4 Å². The highest BCUT2D eigenvalue weighted by Crippen LogP contribution is 2.13. The summed E-state index contributed by atoms with van der Waals surface area (Å²) < 4.78 is 5.95. The van der Waals surface area contributed by atoms with E-state index in [1.807, 2.05) is 29.2 Å². The molecule has 2 fully saturated rings. The van der Waals surface area contributed by atoms with Gasteiger partial charge in [-0.2, -0.15) is 0 Å². The first kappa shape index (κ1) is 22.1. The van der Waals surface area contributed by atoms with Gasteiger partial charge < -0.3 is 15.4 Å².